The van der Waals surface area contributed by atoms with Crippen LogP contribution in [-0.4, -0.2) is 56.4 Å². The van der Waals surface area contributed by atoms with Gasteiger partial charge < -0.3 is 9.64 Å². The van der Waals surface area contributed by atoms with E-state index in [0.717, 1.165) is 31.2 Å². The van der Waals surface area contributed by atoms with Crippen LogP contribution in [0.15, 0.2) is 28.0 Å². The smallest absolute Gasteiger partial charge is 0.267 e. The van der Waals surface area contributed by atoms with E-state index >= 15 is 0 Å². The number of rotatable bonds is 7. The number of ether oxygens (including phenoxy) is 1. The molecule has 2 aliphatic rings. The molecule has 2 aliphatic heterocycles. The van der Waals surface area contributed by atoms with E-state index in [1.807, 2.05) is 32.9 Å². The summed E-state index contributed by atoms with van der Waals surface area (Å²) in [6, 6.07) is 3.80. The predicted octanol–water partition coefficient (Wildman–Crippen LogP) is 4.40. The van der Waals surface area contributed by atoms with E-state index in [1.54, 1.807) is 21.6 Å². The molecule has 0 radical (unpaired) electrons. The first-order chi connectivity index (χ1) is 16.3. The highest BCUT2D eigenvalue weighted by Crippen LogP contribution is 2.34. The fourth-order valence-electron chi connectivity index (χ4n) is 4.49. The van der Waals surface area contributed by atoms with Gasteiger partial charge in [0, 0.05) is 25.8 Å². The van der Waals surface area contributed by atoms with E-state index in [9.17, 15) is 9.59 Å². The Morgan fingerprint density at radius 2 is 1.91 bits per heavy atom. The number of aryl methyl sites for hydroxylation is 1. The van der Waals surface area contributed by atoms with Gasteiger partial charge in [-0.3, -0.25) is 18.9 Å². The van der Waals surface area contributed by atoms with Crippen LogP contribution < -0.4 is 10.5 Å². The maximum absolute atomic E-state index is 13.7. The third-order valence-electron chi connectivity index (χ3n) is 6.09. The zero-order chi connectivity index (χ0) is 24.4. The Morgan fingerprint density at radius 1 is 1.18 bits per heavy atom. The molecule has 0 aromatic carbocycles. The molecule has 4 heterocycles. The molecule has 2 aromatic rings. The summed E-state index contributed by atoms with van der Waals surface area (Å²) in [5, 5.41) is 0. The van der Waals surface area contributed by atoms with Crippen LogP contribution in [-0.2, 0) is 9.53 Å². The van der Waals surface area contributed by atoms with Gasteiger partial charge >= 0.3 is 0 Å². The number of anilines is 1. The summed E-state index contributed by atoms with van der Waals surface area (Å²) < 4.78 is 8.00. The molecular weight excluding hydrogens is 468 g/mol. The van der Waals surface area contributed by atoms with Crippen molar-refractivity contribution in [3.8, 4) is 0 Å². The Morgan fingerprint density at radius 3 is 2.62 bits per heavy atom. The molecule has 4 rings (SSSR count). The van der Waals surface area contributed by atoms with Crippen LogP contribution in [0.3, 0.4) is 0 Å². The third kappa shape index (κ3) is 5.21. The molecule has 2 unspecified atom stereocenters. The van der Waals surface area contributed by atoms with Crippen LogP contribution in [0.5, 0.6) is 0 Å². The predicted molar refractivity (Wildman–Crippen MR) is 142 cm³/mol. The van der Waals surface area contributed by atoms with Crippen LogP contribution in [0.4, 0.5) is 5.82 Å². The van der Waals surface area contributed by atoms with Crippen molar-refractivity contribution in [1.82, 2.24) is 14.3 Å². The Kier molecular flexibility index (Phi) is 7.74. The Balaban J connectivity index is 1.75. The van der Waals surface area contributed by atoms with Crippen molar-refractivity contribution in [3.63, 3.8) is 0 Å². The number of carbonyl (C=O) groups excluding carboxylic acids is 1. The third-order valence-corrected chi connectivity index (χ3v) is 7.47. The van der Waals surface area contributed by atoms with E-state index in [2.05, 4.69) is 11.8 Å². The lowest BCUT2D eigenvalue weighted by Crippen LogP contribution is -2.46. The summed E-state index contributed by atoms with van der Waals surface area (Å²) in [6.07, 6.45) is 7.76. The molecule has 0 N–H and O–H groups in total. The minimum absolute atomic E-state index is 0.0104. The van der Waals surface area contributed by atoms with Crippen molar-refractivity contribution in [2.45, 2.75) is 65.6 Å². The van der Waals surface area contributed by atoms with Crippen LogP contribution in [0, 0.1) is 6.92 Å². The maximum atomic E-state index is 13.7. The second-order valence-corrected chi connectivity index (χ2v) is 10.8. The van der Waals surface area contributed by atoms with Gasteiger partial charge in [-0.1, -0.05) is 56.2 Å². The number of aromatic nitrogens is 2. The van der Waals surface area contributed by atoms with E-state index in [1.165, 1.54) is 11.8 Å². The SMILES string of the molecule is CCCCCCN1C(=O)C(=Cc2c(N3CC(C)OC(C)C3)nc3ccc(C)cn3c2=O)SC1=S. The number of thiocarbonyl (C=S) groups is 1. The Labute approximate surface area is 210 Å². The summed E-state index contributed by atoms with van der Waals surface area (Å²) >= 11 is 6.77. The Bertz CT molecular complexity index is 1180. The van der Waals surface area contributed by atoms with E-state index in [0.29, 0.717) is 45.9 Å². The molecule has 2 atom stereocenters. The van der Waals surface area contributed by atoms with Crippen molar-refractivity contribution in [3.05, 3.63) is 44.7 Å². The van der Waals surface area contributed by atoms with E-state index < -0.39 is 0 Å². The van der Waals surface area contributed by atoms with Crippen molar-refractivity contribution in [2.75, 3.05) is 24.5 Å². The molecule has 1 amide bonds. The van der Waals surface area contributed by atoms with Crippen molar-refractivity contribution < 1.29 is 9.53 Å². The number of nitrogens with zero attached hydrogens (tertiary/aromatic N) is 4. The molecule has 2 fully saturated rings. The van der Waals surface area contributed by atoms with Crippen LogP contribution in [0.25, 0.3) is 11.7 Å². The van der Waals surface area contributed by atoms with Gasteiger partial charge in [-0.2, -0.15) is 0 Å². The molecule has 7 nitrogen and oxygen atoms in total. The van der Waals surface area contributed by atoms with Crippen molar-refractivity contribution in [2.24, 2.45) is 0 Å². The topological polar surface area (TPSA) is 67.2 Å². The molecule has 0 saturated carbocycles. The lowest BCUT2D eigenvalue weighted by Gasteiger charge is -2.36. The molecule has 0 bridgehead atoms. The van der Waals surface area contributed by atoms with Gasteiger partial charge in [-0.25, -0.2) is 4.98 Å². The van der Waals surface area contributed by atoms with Crippen LogP contribution in [0.2, 0.25) is 0 Å². The van der Waals surface area contributed by atoms with Gasteiger partial charge in [0.15, 0.2) is 0 Å². The summed E-state index contributed by atoms with van der Waals surface area (Å²) in [5.74, 6) is 0.457. The molecule has 182 valence electrons. The van der Waals surface area contributed by atoms with Gasteiger partial charge in [0.05, 0.1) is 22.7 Å². The highest BCUT2D eigenvalue weighted by atomic mass is 32.2. The number of carbonyl (C=O) groups is 1. The maximum Gasteiger partial charge on any atom is 0.267 e. The van der Waals surface area contributed by atoms with Crippen LogP contribution >= 0.6 is 24.0 Å². The van der Waals surface area contributed by atoms with E-state index in [4.69, 9.17) is 21.9 Å². The van der Waals surface area contributed by atoms with Gasteiger partial charge in [0.25, 0.3) is 11.5 Å². The number of hydrogen-bond donors (Lipinski definition) is 0. The second-order valence-electron chi connectivity index (χ2n) is 9.15. The summed E-state index contributed by atoms with van der Waals surface area (Å²) in [6.45, 7) is 9.99. The zero-order valence-corrected chi connectivity index (χ0v) is 21.9. The molecule has 0 spiro atoms. The number of pyridine rings is 1. The largest absolute Gasteiger partial charge is 0.372 e. The summed E-state index contributed by atoms with van der Waals surface area (Å²) in [5.41, 5.74) is 1.76. The van der Waals surface area contributed by atoms with Crippen molar-refractivity contribution >= 4 is 51.7 Å². The monoisotopic (exact) mass is 500 g/mol. The Hall–Kier alpha value is -2.23. The van der Waals surface area contributed by atoms with Gasteiger partial charge in [-0.05, 0) is 44.9 Å². The highest BCUT2D eigenvalue weighted by Gasteiger charge is 2.33. The number of thioether (sulfide) groups is 1. The van der Waals surface area contributed by atoms with Crippen molar-refractivity contribution in [1.29, 1.82) is 0 Å². The second kappa shape index (κ2) is 10.6. The lowest BCUT2D eigenvalue weighted by atomic mass is 10.1. The standard InChI is InChI=1S/C25H32N4O3S2/c1-5-6-7-8-11-28-24(31)20(34-25(28)33)12-19-22(27-14-17(3)32-18(4)15-27)26-21-10-9-16(2)13-29(21)23(19)30/h9-10,12-13,17-18H,5-8,11,14-15H2,1-4H3. The minimum atomic E-state index is -0.191. The first-order valence-electron chi connectivity index (χ1n) is 12.0. The first kappa shape index (κ1) is 24.9. The number of fused-ring (bicyclic) bond motifs is 1. The number of morpholine rings is 1. The highest BCUT2D eigenvalue weighted by molar-refractivity contribution is 8.26. The summed E-state index contributed by atoms with van der Waals surface area (Å²) in [4.78, 5) is 36.0. The average Bonchev–Trinajstić information content (AvgIpc) is 3.05. The molecule has 2 aromatic heterocycles. The fraction of sp³-hybridized carbons (Fsp3) is 0.520. The lowest BCUT2D eigenvalue weighted by molar-refractivity contribution is -0.122. The average molecular weight is 501 g/mol. The summed E-state index contributed by atoms with van der Waals surface area (Å²) in [7, 11) is 0. The number of hydrogen-bond acceptors (Lipinski definition) is 7. The number of unbranched alkanes of at least 4 members (excludes halogenated alkanes) is 3. The quantitative estimate of drug-likeness (QED) is 0.317. The normalized spacial score (nSPS) is 22.4. The first-order valence-corrected chi connectivity index (χ1v) is 13.2. The fourth-order valence-corrected chi connectivity index (χ4v) is 5.78. The number of amides is 1. The molecule has 2 saturated heterocycles. The van der Waals surface area contributed by atoms with Gasteiger partial charge in [0.1, 0.15) is 15.8 Å². The minimum Gasteiger partial charge on any atom is -0.372 e. The van der Waals surface area contributed by atoms with E-state index in [-0.39, 0.29) is 23.7 Å². The van der Waals surface area contributed by atoms with Crippen LogP contribution in [0.1, 0.15) is 57.6 Å². The van der Waals surface area contributed by atoms with Gasteiger partial charge in [-0.15, -0.1) is 0 Å². The zero-order valence-electron chi connectivity index (χ0n) is 20.2. The molecular formula is C25H32N4O3S2. The molecule has 34 heavy (non-hydrogen) atoms. The molecule has 0 aliphatic carbocycles. The van der Waals surface area contributed by atoms with Gasteiger partial charge in [0.2, 0.25) is 0 Å². The molecule has 9 heteroatoms.